The molecule has 1 fully saturated rings. The standard InChI is InChI=1S/C15H20Cl2N2O2/c16-11-5-6-14(12(17)10-11)21-9-3-8-19-15(20)13-4-1-2-7-18-13/h5-6,10,13,18H,1-4,7-9H2,(H,19,20). The van der Waals surface area contributed by atoms with Gasteiger partial charge in [-0.2, -0.15) is 0 Å². The Morgan fingerprint density at radius 1 is 1.38 bits per heavy atom. The third-order valence-electron chi connectivity index (χ3n) is 3.40. The van der Waals surface area contributed by atoms with Gasteiger partial charge >= 0.3 is 0 Å². The van der Waals surface area contributed by atoms with E-state index in [1.165, 1.54) is 0 Å². The number of ether oxygens (including phenoxy) is 1. The maximum Gasteiger partial charge on any atom is 0.237 e. The number of nitrogens with one attached hydrogen (secondary N) is 2. The molecule has 1 aromatic rings. The normalized spacial score (nSPS) is 18.3. The molecule has 0 radical (unpaired) electrons. The minimum atomic E-state index is -0.0367. The summed E-state index contributed by atoms with van der Waals surface area (Å²) >= 11 is 11.8. The number of amides is 1. The van der Waals surface area contributed by atoms with E-state index in [0.717, 1.165) is 32.2 Å². The average molecular weight is 331 g/mol. The van der Waals surface area contributed by atoms with Crippen LogP contribution in [0.4, 0.5) is 0 Å². The number of piperidine rings is 1. The lowest BCUT2D eigenvalue weighted by molar-refractivity contribution is -0.123. The van der Waals surface area contributed by atoms with Crippen LogP contribution in [0.2, 0.25) is 10.0 Å². The molecule has 4 nitrogen and oxygen atoms in total. The van der Waals surface area contributed by atoms with Crippen molar-refractivity contribution >= 4 is 29.1 Å². The van der Waals surface area contributed by atoms with Crippen LogP contribution >= 0.6 is 23.2 Å². The summed E-state index contributed by atoms with van der Waals surface area (Å²) in [6.45, 7) is 2.03. The second-order valence-corrected chi connectivity index (χ2v) is 5.91. The fourth-order valence-corrected chi connectivity index (χ4v) is 2.72. The van der Waals surface area contributed by atoms with Crippen LogP contribution in [-0.2, 0) is 4.79 Å². The molecule has 2 N–H and O–H groups in total. The van der Waals surface area contributed by atoms with E-state index in [-0.39, 0.29) is 11.9 Å². The molecule has 0 saturated carbocycles. The van der Waals surface area contributed by atoms with E-state index in [1.807, 2.05) is 0 Å². The van der Waals surface area contributed by atoms with E-state index in [2.05, 4.69) is 10.6 Å². The number of benzene rings is 1. The average Bonchev–Trinajstić information content (AvgIpc) is 2.49. The van der Waals surface area contributed by atoms with Gasteiger partial charge in [-0.1, -0.05) is 29.6 Å². The van der Waals surface area contributed by atoms with Gasteiger partial charge in [0, 0.05) is 11.6 Å². The first-order valence-corrected chi connectivity index (χ1v) is 8.01. The molecule has 0 aliphatic carbocycles. The first-order chi connectivity index (χ1) is 10.2. The second kappa shape index (κ2) is 8.47. The predicted molar refractivity (Wildman–Crippen MR) is 85.2 cm³/mol. The lowest BCUT2D eigenvalue weighted by atomic mass is 10.0. The first kappa shape index (κ1) is 16.4. The lowest BCUT2D eigenvalue weighted by Gasteiger charge is -2.22. The van der Waals surface area contributed by atoms with Crippen molar-refractivity contribution in [3.63, 3.8) is 0 Å². The zero-order chi connectivity index (χ0) is 15.1. The molecule has 1 saturated heterocycles. The molecular weight excluding hydrogens is 311 g/mol. The Labute approximate surface area is 135 Å². The van der Waals surface area contributed by atoms with E-state index in [9.17, 15) is 4.79 Å². The highest BCUT2D eigenvalue weighted by atomic mass is 35.5. The van der Waals surface area contributed by atoms with Crippen molar-refractivity contribution in [2.45, 2.75) is 31.7 Å². The molecule has 1 aliphatic heterocycles. The van der Waals surface area contributed by atoms with Gasteiger partial charge < -0.3 is 15.4 Å². The van der Waals surface area contributed by atoms with Crippen LogP contribution in [0.1, 0.15) is 25.7 Å². The fraction of sp³-hybridized carbons (Fsp3) is 0.533. The Kier molecular flexibility index (Phi) is 6.61. The number of halogens is 2. The van der Waals surface area contributed by atoms with Crippen molar-refractivity contribution < 1.29 is 9.53 Å². The monoisotopic (exact) mass is 330 g/mol. The Morgan fingerprint density at radius 3 is 2.95 bits per heavy atom. The summed E-state index contributed by atoms with van der Waals surface area (Å²) < 4.78 is 5.56. The van der Waals surface area contributed by atoms with Gasteiger partial charge in [-0.25, -0.2) is 0 Å². The molecule has 1 atom stereocenters. The summed E-state index contributed by atoms with van der Waals surface area (Å²) in [7, 11) is 0. The van der Waals surface area contributed by atoms with Crippen LogP contribution < -0.4 is 15.4 Å². The van der Waals surface area contributed by atoms with E-state index < -0.39 is 0 Å². The van der Waals surface area contributed by atoms with Crippen molar-refractivity contribution in [1.82, 2.24) is 10.6 Å². The summed E-state index contributed by atoms with van der Waals surface area (Å²) in [5.41, 5.74) is 0. The molecule has 6 heteroatoms. The van der Waals surface area contributed by atoms with Gasteiger partial charge in [-0.3, -0.25) is 4.79 Å². The maximum atomic E-state index is 11.9. The second-order valence-electron chi connectivity index (χ2n) is 5.07. The van der Waals surface area contributed by atoms with Gasteiger partial charge in [0.1, 0.15) is 5.75 Å². The molecule has 116 valence electrons. The molecule has 1 heterocycles. The minimum Gasteiger partial charge on any atom is -0.492 e. The Bertz CT molecular complexity index is 477. The molecule has 1 amide bonds. The molecule has 0 bridgehead atoms. The van der Waals surface area contributed by atoms with E-state index in [4.69, 9.17) is 27.9 Å². The number of hydrogen-bond acceptors (Lipinski definition) is 3. The summed E-state index contributed by atoms with van der Waals surface area (Å²) in [5.74, 6) is 0.695. The summed E-state index contributed by atoms with van der Waals surface area (Å²) in [4.78, 5) is 11.9. The third-order valence-corrected chi connectivity index (χ3v) is 3.93. The molecule has 1 unspecified atom stereocenters. The number of carbonyl (C=O) groups is 1. The predicted octanol–water partition coefficient (Wildman–Crippen LogP) is 3.02. The molecule has 21 heavy (non-hydrogen) atoms. The number of rotatable bonds is 6. The Hall–Kier alpha value is -0.970. The van der Waals surface area contributed by atoms with Crippen LogP contribution in [0.3, 0.4) is 0 Å². The highest BCUT2D eigenvalue weighted by Gasteiger charge is 2.19. The van der Waals surface area contributed by atoms with Crippen molar-refractivity contribution in [2.75, 3.05) is 19.7 Å². The molecule has 2 rings (SSSR count). The van der Waals surface area contributed by atoms with Crippen molar-refractivity contribution in [3.8, 4) is 5.75 Å². The van der Waals surface area contributed by atoms with E-state index in [0.29, 0.717) is 28.9 Å². The zero-order valence-corrected chi connectivity index (χ0v) is 13.3. The lowest BCUT2D eigenvalue weighted by Crippen LogP contribution is -2.46. The Morgan fingerprint density at radius 2 is 2.24 bits per heavy atom. The maximum absolute atomic E-state index is 11.9. The van der Waals surface area contributed by atoms with Crippen LogP contribution in [0.15, 0.2) is 18.2 Å². The van der Waals surface area contributed by atoms with Gasteiger partial charge in [0.15, 0.2) is 0 Å². The van der Waals surface area contributed by atoms with Gasteiger partial charge in [-0.15, -0.1) is 0 Å². The largest absolute Gasteiger partial charge is 0.492 e. The Balaban J connectivity index is 1.62. The topological polar surface area (TPSA) is 50.4 Å². The molecule has 0 aromatic heterocycles. The van der Waals surface area contributed by atoms with Crippen molar-refractivity contribution in [3.05, 3.63) is 28.2 Å². The minimum absolute atomic E-state index is 0.0367. The van der Waals surface area contributed by atoms with Crippen molar-refractivity contribution in [1.29, 1.82) is 0 Å². The SMILES string of the molecule is O=C(NCCCOc1ccc(Cl)cc1Cl)C1CCCCN1. The molecular formula is C15H20Cl2N2O2. The highest BCUT2D eigenvalue weighted by molar-refractivity contribution is 6.35. The van der Waals surface area contributed by atoms with Crippen LogP contribution in [0.5, 0.6) is 5.75 Å². The molecule has 1 aromatic carbocycles. The van der Waals surface area contributed by atoms with Crippen molar-refractivity contribution in [2.24, 2.45) is 0 Å². The summed E-state index contributed by atoms with van der Waals surface area (Å²) in [6, 6.07) is 5.09. The smallest absolute Gasteiger partial charge is 0.237 e. The molecule has 0 spiro atoms. The number of carbonyl (C=O) groups excluding carboxylic acids is 1. The summed E-state index contributed by atoms with van der Waals surface area (Å²) in [5, 5.41) is 7.23. The fourth-order valence-electron chi connectivity index (χ4n) is 2.26. The molecule has 1 aliphatic rings. The third kappa shape index (κ3) is 5.38. The van der Waals surface area contributed by atoms with Crippen LogP contribution in [0, 0.1) is 0 Å². The van der Waals surface area contributed by atoms with Crippen LogP contribution in [0.25, 0.3) is 0 Å². The number of hydrogen-bond donors (Lipinski definition) is 2. The quantitative estimate of drug-likeness (QED) is 0.788. The van der Waals surface area contributed by atoms with E-state index in [1.54, 1.807) is 18.2 Å². The highest BCUT2D eigenvalue weighted by Crippen LogP contribution is 2.27. The van der Waals surface area contributed by atoms with Gasteiger partial charge in [-0.05, 0) is 44.0 Å². The zero-order valence-electron chi connectivity index (χ0n) is 11.8. The van der Waals surface area contributed by atoms with Gasteiger partial charge in [0.05, 0.1) is 17.7 Å². The summed E-state index contributed by atoms with van der Waals surface area (Å²) in [6.07, 6.45) is 3.92. The van der Waals surface area contributed by atoms with Crippen LogP contribution in [-0.4, -0.2) is 31.6 Å². The van der Waals surface area contributed by atoms with Gasteiger partial charge in [0.25, 0.3) is 0 Å². The van der Waals surface area contributed by atoms with E-state index >= 15 is 0 Å². The van der Waals surface area contributed by atoms with Gasteiger partial charge in [0.2, 0.25) is 5.91 Å². The first-order valence-electron chi connectivity index (χ1n) is 7.26.